The van der Waals surface area contributed by atoms with E-state index in [-0.39, 0.29) is 0 Å². The van der Waals surface area contributed by atoms with Gasteiger partial charge in [-0.2, -0.15) is 0 Å². The Morgan fingerprint density at radius 1 is 0.618 bits per heavy atom. The fourth-order valence-electron chi connectivity index (χ4n) is 6.44. The molecule has 2 unspecified atom stereocenters. The Morgan fingerprint density at radius 2 is 1.29 bits per heavy atom. The van der Waals surface area contributed by atoms with Crippen molar-refractivity contribution in [3.63, 3.8) is 0 Å². The third-order valence-corrected chi connectivity index (χ3v) is 8.01. The number of rotatable bonds is 2. The van der Waals surface area contributed by atoms with Gasteiger partial charge >= 0.3 is 0 Å². The Hall–Kier alpha value is -3.64. The molecule has 0 heteroatoms. The molecule has 0 heterocycles. The Bertz CT molecular complexity index is 1490. The molecular weight excluding hydrogens is 408 g/mol. The summed E-state index contributed by atoms with van der Waals surface area (Å²) in [7, 11) is 0. The first kappa shape index (κ1) is 19.8. The van der Waals surface area contributed by atoms with Crippen LogP contribution in [-0.4, -0.2) is 0 Å². The predicted octanol–water partition coefficient (Wildman–Crippen LogP) is 9.13. The van der Waals surface area contributed by atoms with Gasteiger partial charge in [-0.15, -0.1) is 0 Å². The second kappa shape index (κ2) is 7.99. The van der Waals surface area contributed by atoms with Crippen LogP contribution in [0.15, 0.2) is 120 Å². The lowest BCUT2D eigenvalue weighted by Crippen LogP contribution is -2.15. The summed E-state index contributed by atoms with van der Waals surface area (Å²) in [4.78, 5) is 0. The molecule has 0 aromatic heterocycles. The van der Waals surface area contributed by atoms with E-state index < -0.39 is 0 Å². The Morgan fingerprint density at radius 3 is 2.06 bits per heavy atom. The van der Waals surface area contributed by atoms with E-state index in [0.717, 1.165) is 19.3 Å². The summed E-state index contributed by atoms with van der Waals surface area (Å²) in [5.74, 6) is 0.830. The molecule has 2 atom stereocenters. The van der Waals surface area contributed by atoms with Crippen LogP contribution in [0.2, 0.25) is 0 Å². The summed E-state index contributed by atoms with van der Waals surface area (Å²) in [6.07, 6.45) is 27.9. The lowest BCUT2D eigenvalue weighted by atomic mass is 9.74. The highest BCUT2D eigenvalue weighted by atomic mass is 14.3. The van der Waals surface area contributed by atoms with Gasteiger partial charge in [0.25, 0.3) is 0 Å². The molecule has 4 aliphatic rings. The average Bonchev–Trinajstić information content (AvgIpc) is 2.91. The van der Waals surface area contributed by atoms with Gasteiger partial charge in [0.15, 0.2) is 0 Å². The molecule has 34 heavy (non-hydrogen) atoms. The maximum absolute atomic E-state index is 2.52. The highest BCUT2D eigenvalue weighted by molar-refractivity contribution is 6.16. The van der Waals surface area contributed by atoms with Crippen LogP contribution in [0, 0.1) is 11.8 Å². The van der Waals surface area contributed by atoms with Crippen LogP contribution in [0.4, 0.5) is 0 Å². The molecule has 3 aromatic carbocycles. The minimum absolute atomic E-state index is 0.392. The van der Waals surface area contributed by atoms with E-state index in [2.05, 4.69) is 109 Å². The molecule has 3 aromatic rings. The molecule has 164 valence electrons. The maximum Gasteiger partial charge on any atom is 0.0125 e. The molecule has 0 bridgehead atoms. The number of benzene rings is 3. The van der Waals surface area contributed by atoms with Gasteiger partial charge in [0, 0.05) is 11.8 Å². The van der Waals surface area contributed by atoms with Crippen molar-refractivity contribution in [1.29, 1.82) is 0 Å². The fraction of sp³-hybridized carbons (Fsp3) is 0.176. The zero-order valence-corrected chi connectivity index (χ0v) is 19.4. The minimum Gasteiger partial charge on any atom is -0.0839 e. The molecule has 0 saturated carbocycles. The Labute approximate surface area is 201 Å². The topological polar surface area (TPSA) is 0 Å². The van der Waals surface area contributed by atoms with E-state index in [1.165, 1.54) is 50.2 Å². The van der Waals surface area contributed by atoms with Crippen molar-refractivity contribution in [3.05, 3.63) is 132 Å². The van der Waals surface area contributed by atoms with E-state index in [0.29, 0.717) is 11.8 Å². The van der Waals surface area contributed by atoms with E-state index in [1.54, 1.807) is 11.1 Å². The predicted molar refractivity (Wildman–Crippen MR) is 146 cm³/mol. The fourth-order valence-corrected chi connectivity index (χ4v) is 6.44. The summed E-state index contributed by atoms with van der Waals surface area (Å²) in [6, 6.07) is 18.2. The van der Waals surface area contributed by atoms with Gasteiger partial charge in [0.1, 0.15) is 0 Å². The lowest BCUT2D eigenvalue weighted by Gasteiger charge is -2.30. The lowest BCUT2D eigenvalue weighted by molar-refractivity contribution is 0.679. The normalized spacial score (nSPS) is 23.2. The van der Waals surface area contributed by atoms with Gasteiger partial charge in [0.05, 0.1) is 0 Å². The van der Waals surface area contributed by atoms with Crippen molar-refractivity contribution in [2.24, 2.45) is 11.8 Å². The van der Waals surface area contributed by atoms with Gasteiger partial charge in [-0.25, -0.2) is 0 Å². The molecule has 0 radical (unpaired) electrons. The molecule has 4 aliphatic carbocycles. The van der Waals surface area contributed by atoms with Crippen LogP contribution in [-0.2, 0) is 0 Å². The van der Waals surface area contributed by atoms with Crippen LogP contribution in [0.3, 0.4) is 0 Å². The summed E-state index contributed by atoms with van der Waals surface area (Å²) < 4.78 is 0. The first-order valence-electron chi connectivity index (χ1n) is 12.7. The Kier molecular flexibility index (Phi) is 4.65. The molecule has 0 saturated heterocycles. The van der Waals surface area contributed by atoms with Gasteiger partial charge < -0.3 is 0 Å². The zero-order valence-electron chi connectivity index (χ0n) is 19.4. The number of fused-ring (bicyclic) bond motifs is 3. The second-order valence-corrected chi connectivity index (χ2v) is 9.88. The average molecular weight is 437 g/mol. The first-order chi connectivity index (χ1) is 16.9. The van der Waals surface area contributed by atoms with E-state index in [1.807, 2.05) is 0 Å². The van der Waals surface area contributed by atoms with Crippen LogP contribution in [0.25, 0.3) is 32.7 Å². The smallest absolute Gasteiger partial charge is 0.0125 e. The quantitative estimate of drug-likeness (QED) is 0.351. The molecule has 0 nitrogen and oxygen atoms in total. The van der Waals surface area contributed by atoms with E-state index in [9.17, 15) is 0 Å². The third kappa shape index (κ3) is 3.06. The van der Waals surface area contributed by atoms with E-state index in [4.69, 9.17) is 0 Å². The molecule has 0 aliphatic heterocycles. The molecule has 0 fully saturated rings. The van der Waals surface area contributed by atoms with E-state index >= 15 is 0 Å². The summed E-state index contributed by atoms with van der Waals surface area (Å²) in [6.45, 7) is 0. The number of allylic oxidation sites excluding steroid dienone is 14. The van der Waals surface area contributed by atoms with Gasteiger partial charge in [-0.1, -0.05) is 109 Å². The van der Waals surface area contributed by atoms with Crippen molar-refractivity contribution in [2.45, 2.75) is 25.7 Å². The molecule has 0 N–H and O–H groups in total. The largest absolute Gasteiger partial charge is 0.0839 e. The summed E-state index contributed by atoms with van der Waals surface area (Å²) in [5, 5.41) is 5.53. The van der Waals surface area contributed by atoms with Crippen LogP contribution < -0.4 is 0 Å². The second-order valence-electron chi connectivity index (χ2n) is 9.88. The standard InChI is InChI=1S/C34H28/c1-2-12-25-22-26(21-20-23(25)10-1)33-29-15-5-7-17-31(29)34(32-18-8-6-16-30(32)33)28-19-9-13-24-11-3-4-14-27(24)28/h1,3-11,13-19,22,24,27H,2,12,20-21H2. The van der Waals surface area contributed by atoms with Crippen molar-refractivity contribution in [1.82, 2.24) is 0 Å². The minimum atomic E-state index is 0.392. The molecule has 7 rings (SSSR count). The summed E-state index contributed by atoms with van der Waals surface area (Å²) in [5.41, 5.74) is 8.88. The number of hydrogen-bond donors (Lipinski definition) is 0. The molecular formula is C34H28. The highest BCUT2D eigenvalue weighted by Gasteiger charge is 2.28. The first-order valence-corrected chi connectivity index (χ1v) is 12.7. The highest BCUT2D eigenvalue weighted by Crippen LogP contribution is 2.47. The van der Waals surface area contributed by atoms with Crippen molar-refractivity contribution < 1.29 is 0 Å². The monoisotopic (exact) mass is 436 g/mol. The van der Waals surface area contributed by atoms with Crippen molar-refractivity contribution >= 4 is 32.7 Å². The Balaban J connectivity index is 1.53. The van der Waals surface area contributed by atoms with Crippen molar-refractivity contribution in [2.75, 3.05) is 0 Å². The SMILES string of the molecule is C1=CC2C=CC=C(c3c4ccccc4c(C4=CC5=C(C=CCC5)CC4)c4ccccc34)C2C=C1. The van der Waals surface area contributed by atoms with Crippen LogP contribution in [0.5, 0.6) is 0 Å². The van der Waals surface area contributed by atoms with Crippen molar-refractivity contribution in [3.8, 4) is 0 Å². The zero-order chi connectivity index (χ0) is 22.5. The van der Waals surface area contributed by atoms with Gasteiger partial charge in [-0.3, -0.25) is 0 Å². The van der Waals surface area contributed by atoms with Gasteiger partial charge in [0.2, 0.25) is 0 Å². The molecule has 0 amide bonds. The maximum atomic E-state index is 2.52. The third-order valence-electron chi connectivity index (χ3n) is 8.01. The van der Waals surface area contributed by atoms with Crippen LogP contribution >= 0.6 is 0 Å². The summed E-state index contributed by atoms with van der Waals surface area (Å²) >= 11 is 0. The number of hydrogen-bond acceptors (Lipinski definition) is 0. The van der Waals surface area contributed by atoms with Crippen LogP contribution in [0.1, 0.15) is 36.8 Å². The molecule has 0 spiro atoms. The van der Waals surface area contributed by atoms with Gasteiger partial charge in [-0.05, 0) is 80.6 Å².